The number of hydrogen-bond donors (Lipinski definition) is 0. The van der Waals surface area contributed by atoms with E-state index >= 15 is 0 Å². The monoisotopic (exact) mass is 270 g/mol. The van der Waals surface area contributed by atoms with Gasteiger partial charge >= 0.3 is 0 Å². The van der Waals surface area contributed by atoms with Crippen molar-refractivity contribution in [1.29, 1.82) is 0 Å². The first-order valence-electron chi connectivity index (χ1n) is 5.53. The molecule has 1 heterocycles. The Labute approximate surface area is 110 Å². The molecule has 1 aromatic heterocycles. The number of carbonyl (C=O) groups is 1. The summed E-state index contributed by atoms with van der Waals surface area (Å²) < 4.78 is 6.22. The molecule has 0 aromatic carbocycles. The van der Waals surface area contributed by atoms with Gasteiger partial charge in [0.25, 0.3) is 0 Å². The molecule has 0 spiro atoms. The van der Waals surface area contributed by atoms with E-state index in [1.807, 2.05) is 13.0 Å². The molecule has 1 aromatic rings. The molecule has 0 atom stereocenters. The van der Waals surface area contributed by atoms with Gasteiger partial charge in [-0.1, -0.05) is 25.4 Å². The normalized spacial score (nSPS) is 17.5. The number of ketones is 1. The van der Waals surface area contributed by atoms with Crippen LogP contribution in [0.3, 0.4) is 0 Å². The highest BCUT2D eigenvalue weighted by Gasteiger charge is 2.32. The van der Waals surface area contributed by atoms with Gasteiger partial charge in [-0.3, -0.25) is 4.79 Å². The maximum atomic E-state index is 12.1. The maximum Gasteiger partial charge on any atom is 0.176 e. The van der Waals surface area contributed by atoms with Crippen molar-refractivity contribution in [3.63, 3.8) is 0 Å². The molecule has 4 heteroatoms. The van der Waals surface area contributed by atoms with Gasteiger partial charge in [0, 0.05) is 12.8 Å². The lowest BCUT2D eigenvalue weighted by Gasteiger charge is -2.27. The minimum atomic E-state index is -0.0330. The van der Waals surface area contributed by atoms with E-state index in [0.29, 0.717) is 15.6 Å². The van der Waals surface area contributed by atoms with Crippen LogP contribution in [-0.4, -0.2) is 5.78 Å². The van der Waals surface area contributed by atoms with Gasteiger partial charge in [-0.15, -0.1) is 11.3 Å². The Morgan fingerprint density at radius 2 is 2.12 bits per heavy atom. The van der Waals surface area contributed by atoms with Crippen molar-refractivity contribution in [3.8, 4) is 0 Å². The molecule has 0 bridgehead atoms. The fraction of sp³-hybridized carbons (Fsp3) is 0.462. The smallest absolute Gasteiger partial charge is 0.176 e. The zero-order valence-electron chi connectivity index (χ0n) is 10.2. The molecule has 17 heavy (non-hydrogen) atoms. The Kier molecular flexibility index (Phi) is 3.32. The van der Waals surface area contributed by atoms with Gasteiger partial charge in [-0.05, 0) is 24.0 Å². The maximum absolute atomic E-state index is 12.1. The lowest BCUT2D eigenvalue weighted by atomic mass is 9.78. The molecular weight excluding hydrogens is 256 g/mol. The van der Waals surface area contributed by atoms with E-state index in [4.69, 9.17) is 16.0 Å². The van der Waals surface area contributed by atoms with E-state index in [1.54, 1.807) is 6.26 Å². The van der Waals surface area contributed by atoms with Gasteiger partial charge in [-0.2, -0.15) is 0 Å². The summed E-state index contributed by atoms with van der Waals surface area (Å²) in [6.45, 7) is 6.06. The molecule has 0 aliphatic heterocycles. The van der Waals surface area contributed by atoms with Crippen LogP contribution in [0, 0.1) is 12.3 Å². The van der Waals surface area contributed by atoms with E-state index < -0.39 is 0 Å². The summed E-state index contributed by atoms with van der Waals surface area (Å²) in [5.41, 5.74) is 0.884. The average molecular weight is 271 g/mol. The molecule has 0 amide bonds. The minimum absolute atomic E-state index is 0.0330. The quantitative estimate of drug-likeness (QED) is 0.691. The van der Waals surface area contributed by atoms with Crippen LogP contribution >= 0.6 is 22.9 Å². The highest BCUT2D eigenvalue weighted by atomic mass is 35.5. The molecule has 0 saturated heterocycles. The lowest BCUT2D eigenvalue weighted by molar-refractivity contribution is 0.0905. The molecule has 0 unspecified atom stereocenters. The van der Waals surface area contributed by atoms with E-state index in [-0.39, 0.29) is 11.2 Å². The van der Waals surface area contributed by atoms with Gasteiger partial charge in [0.05, 0.1) is 10.6 Å². The number of hydrogen-bond acceptors (Lipinski definition) is 3. The van der Waals surface area contributed by atoms with Gasteiger partial charge in [-0.25, -0.2) is 0 Å². The largest absolute Gasteiger partial charge is 0.468 e. The van der Waals surface area contributed by atoms with E-state index in [9.17, 15) is 4.79 Å². The molecule has 0 radical (unpaired) electrons. The van der Waals surface area contributed by atoms with Crippen LogP contribution in [0.15, 0.2) is 16.7 Å². The zero-order valence-corrected chi connectivity index (χ0v) is 11.7. The van der Waals surface area contributed by atoms with Crippen molar-refractivity contribution in [1.82, 2.24) is 0 Å². The first kappa shape index (κ1) is 12.7. The summed E-state index contributed by atoms with van der Waals surface area (Å²) >= 11 is 7.47. The number of halogens is 1. The Morgan fingerprint density at radius 3 is 2.82 bits per heavy atom. The third-order valence-electron chi connectivity index (χ3n) is 2.81. The lowest BCUT2D eigenvalue weighted by Crippen LogP contribution is -2.26. The van der Waals surface area contributed by atoms with Crippen molar-refractivity contribution < 1.29 is 9.21 Å². The molecule has 0 N–H and O–H groups in total. The molecule has 0 fully saturated rings. The topological polar surface area (TPSA) is 30.2 Å². The van der Waals surface area contributed by atoms with Crippen molar-refractivity contribution in [3.05, 3.63) is 32.9 Å². The van der Waals surface area contributed by atoms with E-state index in [0.717, 1.165) is 17.7 Å². The predicted octanol–water partition coefficient (Wildman–Crippen LogP) is 4.58. The SMILES string of the molecule is Cc1ccoc2c(sc1Cl)C(=O)CC(C)(C)C2. The third-order valence-corrected chi connectivity index (χ3v) is 4.50. The van der Waals surface area contributed by atoms with Crippen LogP contribution < -0.4 is 0 Å². The Bertz CT molecular complexity index is 510. The molecule has 1 aliphatic carbocycles. The summed E-state index contributed by atoms with van der Waals surface area (Å²) in [7, 11) is 0. The zero-order chi connectivity index (χ0) is 12.6. The van der Waals surface area contributed by atoms with Gasteiger partial charge in [0.15, 0.2) is 5.78 Å². The Morgan fingerprint density at radius 1 is 1.41 bits per heavy atom. The van der Waals surface area contributed by atoms with Gasteiger partial charge in [0.2, 0.25) is 0 Å². The highest BCUT2D eigenvalue weighted by molar-refractivity contribution is 7.17. The van der Waals surface area contributed by atoms with E-state index in [1.165, 1.54) is 11.3 Å². The first-order chi connectivity index (χ1) is 7.89. The summed E-state index contributed by atoms with van der Waals surface area (Å²) in [6.07, 6.45) is 2.94. The summed E-state index contributed by atoms with van der Waals surface area (Å²) in [5.74, 6) is 0.876. The third kappa shape index (κ3) is 2.72. The van der Waals surface area contributed by atoms with Crippen molar-refractivity contribution in [2.24, 2.45) is 5.41 Å². The number of fused-ring (bicyclic) bond motifs is 1. The van der Waals surface area contributed by atoms with Crippen LogP contribution in [0.5, 0.6) is 0 Å². The number of Topliss-reactive ketones (excluding diaryl/α,β-unsaturated/α-hetero) is 1. The molecule has 0 saturated carbocycles. The Hall–Kier alpha value is -0.800. The molecule has 2 nitrogen and oxygen atoms in total. The van der Waals surface area contributed by atoms with Gasteiger partial charge < -0.3 is 4.42 Å². The fourth-order valence-electron chi connectivity index (χ4n) is 1.91. The van der Waals surface area contributed by atoms with Crippen LogP contribution in [0.25, 0.3) is 0 Å². The number of carbonyl (C=O) groups excluding carboxylic acids is 1. The second-order valence-electron chi connectivity index (χ2n) is 5.17. The van der Waals surface area contributed by atoms with Crippen LogP contribution in [0.2, 0.25) is 4.34 Å². The molecular formula is C13H15ClO2S. The molecule has 2 rings (SSSR count). The Balaban J connectivity index is 2.65. The summed E-state index contributed by atoms with van der Waals surface area (Å²) in [4.78, 5) is 12.8. The van der Waals surface area contributed by atoms with Gasteiger partial charge in [0.1, 0.15) is 10.6 Å². The second-order valence-corrected chi connectivity index (χ2v) is 6.80. The molecule has 1 aliphatic rings. The highest BCUT2D eigenvalue weighted by Crippen LogP contribution is 2.37. The fourth-order valence-corrected chi connectivity index (χ4v) is 3.03. The molecule has 92 valence electrons. The van der Waals surface area contributed by atoms with Crippen molar-refractivity contribution in [2.75, 3.05) is 0 Å². The second kappa shape index (κ2) is 4.46. The van der Waals surface area contributed by atoms with Crippen molar-refractivity contribution in [2.45, 2.75) is 33.6 Å². The van der Waals surface area contributed by atoms with Crippen LogP contribution in [-0.2, 0) is 6.42 Å². The van der Waals surface area contributed by atoms with Crippen LogP contribution in [0.4, 0.5) is 0 Å². The summed E-state index contributed by atoms with van der Waals surface area (Å²) in [5, 5.41) is 0. The van der Waals surface area contributed by atoms with Crippen LogP contribution in [0.1, 0.15) is 41.3 Å². The standard InChI is InChI=1S/C13H15ClO2S/c1-8-4-5-16-10-7-13(2,3)6-9(15)11(10)17-12(8)14/h4-5H,6-7H2,1-3H3. The number of aryl methyl sites for hydroxylation is 1. The summed E-state index contributed by atoms with van der Waals surface area (Å²) in [6, 6.07) is 1.82. The van der Waals surface area contributed by atoms with Crippen molar-refractivity contribution >= 4 is 28.7 Å². The average Bonchev–Trinajstić information content (AvgIpc) is 2.19. The first-order valence-corrected chi connectivity index (χ1v) is 6.72. The predicted molar refractivity (Wildman–Crippen MR) is 70.4 cm³/mol. The minimum Gasteiger partial charge on any atom is -0.468 e. The van der Waals surface area contributed by atoms with E-state index in [2.05, 4.69) is 13.8 Å². The number of rotatable bonds is 0.